The van der Waals surface area contributed by atoms with Crippen LogP contribution in [0.1, 0.15) is 54.0 Å². The van der Waals surface area contributed by atoms with Crippen LogP contribution in [0.5, 0.6) is 5.75 Å². The summed E-state index contributed by atoms with van der Waals surface area (Å²) in [6.07, 6.45) is -0.533. The summed E-state index contributed by atoms with van der Waals surface area (Å²) in [4.78, 5) is 24.7. The van der Waals surface area contributed by atoms with E-state index in [9.17, 15) is 9.59 Å². The van der Waals surface area contributed by atoms with Crippen molar-refractivity contribution in [3.05, 3.63) is 23.8 Å². The van der Waals surface area contributed by atoms with E-state index in [1.807, 2.05) is 45.9 Å². The zero-order valence-corrected chi connectivity index (χ0v) is 23.6. The van der Waals surface area contributed by atoms with E-state index >= 15 is 0 Å². The van der Waals surface area contributed by atoms with Crippen LogP contribution in [0.25, 0.3) is 0 Å². The first-order valence-corrected chi connectivity index (χ1v) is 15.1. The predicted molar refractivity (Wildman–Crippen MR) is 126 cm³/mol. The quantitative estimate of drug-likeness (QED) is 0.311. The summed E-state index contributed by atoms with van der Waals surface area (Å²) in [7, 11) is 0.670. The molecule has 180 valence electrons. The van der Waals surface area contributed by atoms with Gasteiger partial charge < -0.3 is 0 Å². The van der Waals surface area contributed by atoms with Gasteiger partial charge in [-0.25, -0.2) is 0 Å². The van der Waals surface area contributed by atoms with Gasteiger partial charge in [-0.2, -0.15) is 0 Å². The number of methoxy groups -OCH3 is 1. The van der Waals surface area contributed by atoms with Crippen molar-refractivity contribution in [1.82, 2.24) is 5.32 Å². The Morgan fingerprint density at radius 3 is 2.30 bits per heavy atom. The normalized spacial score (nSPS) is 17.9. The molecule has 0 spiro atoms. The van der Waals surface area contributed by atoms with Gasteiger partial charge in [0, 0.05) is 0 Å². The third kappa shape index (κ3) is 8.01. The van der Waals surface area contributed by atoms with Crippen LogP contribution in [0.2, 0.25) is 0 Å². The number of hydrogen-bond acceptors (Lipinski definition) is 8. The van der Waals surface area contributed by atoms with Crippen molar-refractivity contribution in [2.75, 3.05) is 7.11 Å². The van der Waals surface area contributed by atoms with Crippen molar-refractivity contribution in [3.63, 3.8) is 0 Å². The fourth-order valence-electron chi connectivity index (χ4n) is 3.07. The van der Waals surface area contributed by atoms with Crippen LogP contribution in [0.15, 0.2) is 18.2 Å². The third-order valence-corrected chi connectivity index (χ3v) is 7.56. The van der Waals surface area contributed by atoms with Crippen LogP contribution in [-0.4, -0.2) is 49.1 Å². The van der Waals surface area contributed by atoms with E-state index in [-0.39, 0.29) is 6.42 Å². The van der Waals surface area contributed by atoms with Crippen molar-refractivity contribution >= 4 is 41.8 Å². The summed E-state index contributed by atoms with van der Waals surface area (Å²) in [6, 6.07) is 4.63. The number of carbonyl (C=O) groups is 2. The number of hydrogen-bond donors (Lipinski definition) is 1. The van der Waals surface area contributed by atoms with Gasteiger partial charge in [-0.15, -0.1) is 0 Å². The Hall–Kier alpha value is -1.02. The fourth-order valence-corrected chi connectivity index (χ4v) is 4.53. The number of benzene rings is 1. The van der Waals surface area contributed by atoms with E-state index in [1.165, 1.54) is 7.11 Å². The molecule has 1 N–H and O–H groups in total. The molecular formula is C21H31BNO7PSTi. The van der Waals surface area contributed by atoms with Gasteiger partial charge in [0.2, 0.25) is 0 Å². The molecule has 12 heteroatoms. The maximum atomic E-state index is 12.4. The summed E-state index contributed by atoms with van der Waals surface area (Å²) in [5.74, 6) is 0.0392. The van der Waals surface area contributed by atoms with Gasteiger partial charge in [0.05, 0.1) is 0 Å². The monoisotopic (exact) mass is 531 g/mol. The van der Waals surface area contributed by atoms with Crippen LogP contribution < -0.4 is 14.1 Å². The van der Waals surface area contributed by atoms with Gasteiger partial charge in [-0.3, -0.25) is 0 Å². The van der Waals surface area contributed by atoms with E-state index in [1.54, 1.807) is 20.8 Å². The van der Waals surface area contributed by atoms with E-state index in [2.05, 4.69) is 5.32 Å². The summed E-state index contributed by atoms with van der Waals surface area (Å²) in [5, 5.41) is 3.39. The van der Waals surface area contributed by atoms with Crippen molar-refractivity contribution < 1.29 is 50.7 Å². The topological polar surface area (TPSA) is 92.3 Å². The summed E-state index contributed by atoms with van der Waals surface area (Å²) in [5.41, 5.74) is -0.204. The molecule has 2 rings (SSSR count). The summed E-state index contributed by atoms with van der Waals surface area (Å²) in [6.45, 7) is 13.2. The Kier molecular flexibility index (Phi) is 9.53. The van der Waals surface area contributed by atoms with Gasteiger partial charge >= 0.3 is 212 Å². The molecule has 1 heterocycles. The number of amides is 1. The SMILES string of the molecule is COC(=O)[C@H](Cc1cc([O][Ti][P]=S)cc(B2OC(C)(C)C(C)(C)O2)c1)NC(=O)OC(C)(C)C. The molecule has 1 amide bonds. The van der Waals surface area contributed by atoms with E-state index < -0.39 is 61.1 Å². The first-order valence-electron chi connectivity index (χ1n) is 10.5. The molecule has 1 atom stereocenters. The van der Waals surface area contributed by atoms with Gasteiger partial charge in [-0.05, 0) is 0 Å². The van der Waals surface area contributed by atoms with Crippen LogP contribution >= 0.6 is 5.35 Å². The second kappa shape index (κ2) is 11.1. The molecule has 0 radical (unpaired) electrons. The first-order chi connectivity index (χ1) is 15.2. The fraction of sp³-hybridized carbons (Fsp3) is 0.619. The minimum absolute atomic E-state index is 0.168. The molecular weight excluding hydrogens is 500 g/mol. The summed E-state index contributed by atoms with van der Waals surface area (Å²) < 4.78 is 28.5. The standard InChI is InChI=1S/C21H32BNO7.PS.Ti/c1-19(2,3)28-18(26)23-16(17(25)27-8)11-13-9-14(12-15(24)10-13)22-29-20(4,5)21(6,7)30-22;1-2;/h9-10,12,16,24H,11H2,1-8H3,(H,23,26);;/q;-1;+2/p-1/t16-;;/m0../s1. The molecule has 0 aromatic heterocycles. The van der Waals surface area contributed by atoms with Crippen LogP contribution in [0.3, 0.4) is 0 Å². The predicted octanol–water partition coefficient (Wildman–Crippen LogP) is 3.29. The van der Waals surface area contributed by atoms with Gasteiger partial charge in [0.25, 0.3) is 0 Å². The Morgan fingerprint density at radius 1 is 1.18 bits per heavy atom. The van der Waals surface area contributed by atoms with Crippen molar-refractivity contribution in [3.8, 4) is 5.75 Å². The molecule has 1 aliphatic rings. The molecule has 0 bridgehead atoms. The van der Waals surface area contributed by atoms with Gasteiger partial charge in [-0.1, -0.05) is 0 Å². The van der Waals surface area contributed by atoms with Crippen molar-refractivity contribution in [1.29, 1.82) is 0 Å². The maximum absolute atomic E-state index is 12.4. The Morgan fingerprint density at radius 2 is 1.79 bits per heavy atom. The first kappa shape index (κ1) is 28.2. The second-order valence-corrected chi connectivity index (χ2v) is 14.4. The number of rotatable bonds is 8. The van der Waals surface area contributed by atoms with Crippen LogP contribution in [0.4, 0.5) is 4.79 Å². The van der Waals surface area contributed by atoms with E-state index in [4.69, 9.17) is 33.9 Å². The number of nitrogens with one attached hydrogen (secondary N) is 1. The average molecular weight is 531 g/mol. The summed E-state index contributed by atoms with van der Waals surface area (Å²) >= 11 is 4.22. The molecule has 33 heavy (non-hydrogen) atoms. The van der Waals surface area contributed by atoms with Crippen LogP contribution in [0, 0.1) is 0 Å². The number of esters is 1. The number of carbonyl (C=O) groups excluding carboxylic acids is 2. The Labute approximate surface area is 211 Å². The third-order valence-electron chi connectivity index (χ3n) is 5.33. The molecule has 1 fully saturated rings. The molecule has 0 unspecified atom stereocenters. The number of ether oxygens (including phenoxy) is 2. The minimum atomic E-state index is -0.945. The molecule has 1 saturated heterocycles. The van der Waals surface area contributed by atoms with Gasteiger partial charge in [0.1, 0.15) is 0 Å². The second-order valence-electron chi connectivity index (χ2n) is 9.71. The molecule has 0 aliphatic carbocycles. The van der Waals surface area contributed by atoms with Crippen molar-refractivity contribution in [2.45, 2.75) is 77.7 Å². The molecule has 1 aromatic rings. The Bertz CT molecular complexity index is 878. The van der Waals surface area contributed by atoms with Crippen LogP contribution in [-0.2, 0) is 60.8 Å². The zero-order valence-electron chi connectivity index (χ0n) is 20.3. The molecule has 8 nitrogen and oxygen atoms in total. The van der Waals surface area contributed by atoms with Crippen molar-refractivity contribution in [2.24, 2.45) is 0 Å². The zero-order chi connectivity index (χ0) is 25.0. The van der Waals surface area contributed by atoms with Gasteiger partial charge in [0.15, 0.2) is 0 Å². The molecule has 1 aliphatic heterocycles. The Balaban J connectivity index is 2.34. The van der Waals surface area contributed by atoms with E-state index in [0.29, 0.717) is 5.75 Å². The average Bonchev–Trinajstić information content (AvgIpc) is 2.91. The number of alkyl carbamates (subject to hydrolysis) is 1. The van der Waals surface area contributed by atoms with E-state index in [0.717, 1.165) is 16.4 Å². The molecule has 1 aromatic carbocycles. The molecule has 0 saturated carbocycles.